The van der Waals surface area contributed by atoms with Crippen LogP contribution in [0.25, 0.3) is 0 Å². The highest BCUT2D eigenvalue weighted by atomic mass is 16.5. The molecule has 1 saturated heterocycles. The van der Waals surface area contributed by atoms with Gasteiger partial charge in [-0.05, 0) is 33.2 Å². The van der Waals surface area contributed by atoms with Crippen LogP contribution in [0, 0.1) is 0 Å². The maximum absolute atomic E-state index is 11.3. The molecule has 1 fully saturated rings. The lowest BCUT2D eigenvalue weighted by atomic mass is 10.0. The highest BCUT2D eigenvalue weighted by Crippen LogP contribution is 2.27. The Balaban J connectivity index is 2.40. The molecule has 0 spiro atoms. The van der Waals surface area contributed by atoms with E-state index in [1.165, 1.54) is 12.8 Å². The van der Waals surface area contributed by atoms with Crippen LogP contribution in [-0.4, -0.2) is 43.0 Å². The van der Waals surface area contributed by atoms with Crippen molar-refractivity contribution in [2.24, 2.45) is 0 Å². The number of ether oxygens (including phenoxy) is 1. The molecule has 13 heavy (non-hydrogen) atoms. The van der Waals surface area contributed by atoms with Crippen molar-refractivity contribution in [2.75, 3.05) is 26.8 Å². The molecule has 0 unspecified atom stereocenters. The van der Waals surface area contributed by atoms with Crippen molar-refractivity contribution in [1.82, 2.24) is 4.90 Å². The Hall–Kier alpha value is -0.410. The van der Waals surface area contributed by atoms with Crippen molar-refractivity contribution in [3.8, 4) is 0 Å². The first-order valence-corrected chi connectivity index (χ1v) is 4.82. The number of hydrogen-bond acceptors (Lipinski definition) is 3. The van der Waals surface area contributed by atoms with Crippen LogP contribution in [0.2, 0.25) is 0 Å². The lowest BCUT2D eigenvalue weighted by Gasteiger charge is -2.30. The normalized spacial score (nSPS) is 22.1. The van der Waals surface area contributed by atoms with Crippen LogP contribution in [0.5, 0.6) is 0 Å². The number of Topliss-reactive ketones (excluding diaryl/α,β-unsaturated/α-hetero) is 1. The topological polar surface area (TPSA) is 29.5 Å². The molecular formula is C10H19NO2. The monoisotopic (exact) mass is 185 g/mol. The van der Waals surface area contributed by atoms with Gasteiger partial charge in [-0.25, -0.2) is 0 Å². The minimum atomic E-state index is 0.178. The molecule has 0 N–H and O–H groups in total. The Morgan fingerprint density at radius 1 is 1.54 bits per heavy atom. The smallest absolute Gasteiger partial charge is 0.172 e. The number of carbonyl (C=O) groups excluding carboxylic acids is 1. The number of carbonyl (C=O) groups is 1. The molecule has 0 aromatic heterocycles. The molecule has 0 radical (unpaired) electrons. The first-order valence-electron chi connectivity index (χ1n) is 4.82. The summed E-state index contributed by atoms with van der Waals surface area (Å²) < 4.78 is 4.81. The third-order valence-corrected chi connectivity index (χ3v) is 2.75. The lowest BCUT2D eigenvalue weighted by molar-refractivity contribution is -0.124. The van der Waals surface area contributed by atoms with Crippen molar-refractivity contribution in [2.45, 2.75) is 32.2 Å². The van der Waals surface area contributed by atoms with Crippen molar-refractivity contribution in [3.63, 3.8) is 0 Å². The number of likely N-dealkylation sites (tertiary alicyclic amines) is 1. The number of rotatable bonds is 4. The van der Waals surface area contributed by atoms with Gasteiger partial charge in [-0.2, -0.15) is 0 Å². The molecule has 3 heteroatoms. The summed E-state index contributed by atoms with van der Waals surface area (Å²) in [5, 5.41) is 0. The Labute approximate surface area is 80.1 Å². The van der Waals surface area contributed by atoms with E-state index in [0.717, 1.165) is 6.54 Å². The van der Waals surface area contributed by atoms with Gasteiger partial charge in [0.15, 0.2) is 5.78 Å². The molecule has 0 atom stereocenters. The zero-order valence-electron chi connectivity index (χ0n) is 8.80. The van der Waals surface area contributed by atoms with Gasteiger partial charge in [0.1, 0.15) is 6.61 Å². The number of hydrogen-bond donors (Lipinski definition) is 0. The van der Waals surface area contributed by atoms with Gasteiger partial charge in [0, 0.05) is 12.6 Å². The molecule has 0 amide bonds. The van der Waals surface area contributed by atoms with E-state index >= 15 is 0 Å². The summed E-state index contributed by atoms with van der Waals surface area (Å²) in [5.74, 6) is 0.178. The summed E-state index contributed by atoms with van der Waals surface area (Å²) in [6, 6.07) is 0. The third kappa shape index (κ3) is 2.78. The first kappa shape index (κ1) is 10.7. The van der Waals surface area contributed by atoms with E-state index in [2.05, 4.69) is 18.7 Å². The number of methoxy groups -OCH3 is 1. The van der Waals surface area contributed by atoms with E-state index in [0.29, 0.717) is 6.54 Å². The van der Waals surface area contributed by atoms with Crippen LogP contribution in [0.1, 0.15) is 26.7 Å². The summed E-state index contributed by atoms with van der Waals surface area (Å²) in [7, 11) is 1.56. The van der Waals surface area contributed by atoms with Crippen LogP contribution < -0.4 is 0 Å². The van der Waals surface area contributed by atoms with Gasteiger partial charge in [-0.1, -0.05) is 0 Å². The molecule has 0 aliphatic carbocycles. The molecule has 0 bridgehead atoms. The molecule has 1 aliphatic heterocycles. The Morgan fingerprint density at radius 3 is 2.69 bits per heavy atom. The Bertz CT molecular complexity index is 189. The lowest BCUT2D eigenvalue weighted by Crippen LogP contribution is -2.42. The van der Waals surface area contributed by atoms with E-state index in [1.54, 1.807) is 7.11 Å². The maximum Gasteiger partial charge on any atom is 0.172 e. The molecular weight excluding hydrogens is 166 g/mol. The van der Waals surface area contributed by atoms with Gasteiger partial charge in [0.25, 0.3) is 0 Å². The largest absolute Gasteiger partial charge is 0.377 e. The zero-order chi connectivity index (χ0) is 9.90. The molecule has 0 saturated carbocycles. The SMILES string of the molecule is COCC(=O)CN1CCCC1(C)C. The molecule has 0 aromatic rings. The van der Waals surface area contributed by atoms with E-state index in [4.69, 9.17) is 4.74 Å². The summed E-state index contributed by atoms with van der Waals surface area (Å²) in [5.41, 5.74) is 0.198. The molecule has 1 heterocycles. The van der Waals surface area contributed by atoms with Gasteiger partial charge >= 0.3 is 0 Å². The van der Waals surface area contributed by atoms with Gasteiger partial charge in [0.2, 0.25) is 0 Å². The fourth-order valence-corrected chi connectivity index (χ4v) is 1.88. The van der Waals surface area contributed by atoms with E-state index in [1.807, 2.05) is 0 Å². The quantitative estimate of drug-likeness (QED) is 0.656. The van der Waals surface area contributed by atoms with Gasteiger partial charge < -0.3 is 4.74 Å². The fraction of sp³-hybridized carbons (Fsp3) is 0.900. The van der Waals surface area contributed by atoms with Crippen molar-refractivity contribution in [3.05, 3.63) is 0 Å². The Morgan fingerprint density at radius 2 is 2.23 bits per heavy atom. The second-order valence-corrected chi connectivity index (χ2v) is 4.31. The highest BCUT2D eigenvalue weighted by molar-refractivity contribution is 5.81. The van der Waals surface area contributed by atoms with Crippen LogP contribution in [-0.2, 0) is 9.53 Å². The summed E-state index contributed by atoms with van der Waals surface area (Å²) in [6.07, 6.45) is 2.39. The third-order valence-electron chi connectivity index (χ3n) is 2.75. The standard InChI is InChI=1S/C10H19NO2/c1-10(2)5-4-6-11(10)7-9(12)8-13-3/h4-8H2,1-3H3. The summed E-state index contributed by atoms with van der Waals surface area (Å²) >= 11 is 0. The van der Waals surface area contributed by atoms with Crippen molar-refractivity contribution < 1.29 is 9.53 Å². The Kier molecular flexibility index (Phi) is 3.45. The minimum Gasteiger partial charge on any atom is -0.377 e. The van der Waals surface area contributed by atoms with Crippen molar-refractivity contribution in [1.29, 1.82) is 0 Å². The average Bonchev–Trinajstić information content (AvgIpc) is 2.31. The average molecular weight is 185 g/mol. The number of nitrogens with zero attached hydrogens (tertiary/aromatic N) is 1. The fourth-order valence-electron chi connectivity index (χ4n) is 1.88. The summed E-state index contributed by atoms with van der Waals surface area (Å²) in [4.78, 5) is 13.6. The maximum atomic E-state index is 11.3. The van der Waals surface area contributed by atoms with Gasteiger partial charge in [0.05, 0.1) is 6.54 Å². The molecule has 1 aliphatic rings. The second-order valence-electron chi connectivity index (χ2n) is 4.31. The molecule has 76 valence electrons. The predicted molar refractivity (Wildman–Crippen MR) is 51.8 cm³/mol. The van der Waals surface area contributed by atoms with E-state index in [9.17, 15) is 4.79 Å². The van der Waals surface area contributed by atoms with E-state index in [-0.39, 0.29) is 17.9 Å². The van der Waals surface area contributed by atoms with Gasteiger partial charge in [-0.15, -0.1) is 0 Å². The first-order chi connectivity index (χ1) is 6.06. The predicted octanol–water partition coefficient (Wildman–Crippen LogP) is 1.08. The van der Waals surface area contributed by atoms with Crippen molar-refractivity contribution >= 4 is 5.78 Å². The molecule has 3 nitrogen and oxygen atoms in total. The summed E-state index contributed by atoms with van der Waals surface area (Å²) in [6.45, 7) is 6.22. The van der Waals surface area contributed by atoms with Crippen LogP contribution >= 0.6 is 0 Å². The van der Waals surface area contributed by atoms with Crippen LogP contribution in [0.15, 0.2) is 0 Å². The second kappa shape index (κ2) is 4.20. The highest BCUT2D eigenvalue weighted by Gasteiger charge is 2.32. The minimum absolute atomic E-state index is 0.178. The van der Waals surface area contributed by atoms with E-state index < -0.39 is 0 Å². The molecule has 1 rings (SSSR count). The zero-order valence-corrected chi connectivity index (χ0v) is 8.80. The van der Waals surface area contributed by atoms with Crippen LogP contribution in [0.3, 0.4) is 0 Å². The molecule has 0 aromatic carbocycles. The van der Waals surface area contributed by atoms with Gasteiger partial charge in [-0.3, -0.25) is 9.69 Å². The van der Waals surface area contributed by atoms with Crippen LogP contribution in [0.4, 0.5) is 0 Å². The number of ketones is 1.